The van der Waals surface area contributed by atoms with E-state index in [0.717, 1.165) is 54.1 Å². The molecule has 32 heavy (non-hydrogen) atoms. The van der Waals surface area contributed by atoms with Crippen molar-refractivity contribution < 1.29 is 14.3 Å². The fourth-order valence-electron chi connectivity index (χ4n) is 4.14. The minimum atomic E-state index is 0.165. The number of ether oxygens (including phenoxy) is 2. The van der Waals surface area contributed by atoms with Gasteiger partial charge in [-0.3, -0.25) is 4.79 Å². The fourth-order valence-corrected chi connectivity index (χ4v) is 4.14. The number of rotatable bonds is 9. The van der Waals surface area contributed by atoms with Crippen LogP contribution < -0.4 is 9.47 Å². The van der Waals surface area contributed by atoms with Gasteiger partial charge in [0, 0.05) is 18.2 Å². The summed E-state index contributed by atoms with van der Waals surface area (Å²) < 4.78 is 11.4. The Balaban J connectivity index is 1.74. The second-order valence-corrected chi connectivity index (χ2v) is 9.40. The minimum absolute atomic E-state index is 0.165. The molecule has 0 radical (unpaired) electrons. The zero-order valence-corrected chi connectivity index (χ0v) is 20.3. The molecule has 2 aromatic carbocycles. The molecule has 0 bridgehead atoms. The highest BCUT2D eigenvalue weighted by Crippen LogP contribution is 2.26. The molecule has 5 nitrogen and oxygen atoms in total. The lowest BCUT2D eigenvalue weighted by Gasteiger charge is -2.37. The summed E-state index contributed by atoms with van der Waals surface area (Å²) in [6.45, 7) is 9.62. The zero-order chi connectivity index (χ0) is 23.1. The van der Waals surface area contributed by atoms with Crippen molar-refractivity contribution in [2.75, 3.05) is 33.9 Å². The fraction of sp³-hybridized carbons (Fsp3) is 0.519. The van der Waals surface area contributed by atoms with Gasteiger partial charge in [-0.05, 0) is 75.1 Å². The van der Waals surface area contributed by atoms with Crippen LogP contribution in [0.3, 0.4) is 0 Å². The van der Waals surface area contributed by atoms with Gasteiger partial charge in [0.2, 0.25) is 5.91 Å². The molecule has 0 saturated carbocycles. The first-order valence-electron chi connectivity index (χ1n) is 11.7. The summed E-state index contributed by atoms with van der Waals surface area (Å²) in [7, 11) is 3.84. The van der Waals surface area contributed by atoms with Crippen LogP contribution in [0.4, 0.5) is 0 Å². The molecule has 1 fully saturated rings. The van der Waals surface area contributed by atoms with E-state index in [1.54, 1.807) is 7.11 Å². The van der Waals surface area contributed by atoms with Crippen molar-refractivity contribution in [3.05, 3.63) is 59.2 Å². The number of aryl methyl sites for hydroxylation is 1. The second kappa shape index (κ2) is 11.4. The summed E-state index contributed by atoms with van der Waals surface area (Å²) in [5.74, 6) is 2.35. The maximum Gasteiger partial charge on any atom is 0.227 e. The van der Waals surface area contributed by atoms with E-state index in [2.05, 4.69) is 49.8 Å². The summed E-state index contributed by atoms with van der Waals surface area (Å²) in [5.41, 5.74) is 3.23. The molecule has 1 aliphatic rings. The van der Waals surface area contributed by atoms with Crippen molar-refractivity contribution in [3.8, 4) is 11.5 Å². The number of carbonyl (C=O) groups excluding carboxylic acids is 1. The van der Waals surface area contributed by atoms with Gasteiger partial charge in [-0.1, -0.05) is 38.1 Å². The van der Waals surface area contributed by atoms with E-state index in [1.165, 1.54) is 0 Å². The van der Waals surface area contributed by atoms with Crippen LogP contribution in [0, 0.1) is 12.8 Å². The lowest BCUT2D eigenvalue weighted by Crippen LogP contribution is -2.46. The molecule has 0 N–H and O–H groups in total. The van der Waals surface area contributed by atoms with Gasteiger partial charge in [0.15, 0.2) is 0 Å². The van der Waals surface area contributed by atoms with Crippen LogP contribution >= 0.6 is 0 Å². The Kier molecular flexibility index (Phi) is 8.57. The van der Waals surface area contributed by atoms with Crippen molar-refractivity contribution in [2.24, 2.45) is 5.92 Å². The second-order valence-electron chi connectivity index (χ2n) is 9.40. The van der Waals surface area contributed by atoms with Crippen molar-refractivity contribution in [2.45, 2.75) is 52.6 Å². The summed E-state index contributed by atoms with van der Waals surface area (Å²) in [4.78, 5) is 17.9. The van der Waals surface area contributed by atoms with E-state index < -0.39 is 0 Å². The van der Waals surface area contributed by atoms with Crippen molar-refractivity contribution >= 4 is 5.91 Å². The van der Waals surface area contributed by atoms with Gasteiger partial charge in [-0.25, -0.2) is 0 Å². The van der Waals surface area contributed by atoms with Crippen molar-refractivity contribution in [3.63, 3.8) is 0 Å². The van der Waals surface area contributed by atoms with Gasteiger partial charge < -0.3 is 19.3 Å². The normalized spacial score (nSPS) is 15.1. The van der Waals surface area contributed by atoms with E-state index in [1.807, 2.05) is 30.3 Å². The number of hydrogen-bond donors (Lipinski definition) is 0. The smallest absolute Gasteiger partial charge is 0.227 e. The highest BCUT2D eigenvalue weighted by atomic mass is 16.5. The van der Waals surface area contributed by atoms with Crippen LogP contribution in [0.15, 0.2) is 42.5 Å². The van der Waals surface area contributed by atoms with Gasteiger partial charge in [-0.2, -0.15) is 0 Å². The predicted molar refractivity (Wildman–Crippen MR) is 129 cm³/mol. The summed E-state index contributed by atoms with van der Waals surface area (Å²) in [5, 5.41) is 0. The number of piperidine rings is 1. The average Bonchev–Trinajstić information content (AvgIpc) is 2.78. The molecule has 1 amide bonds. The van der Waals surface area contributed by atoms with Gasteiger partial charge in [0.1, 0.15) is 11.5 Å². The van der Waals surface area contributed by atoms with Crippen LogP contribution in [0.25, 0.3) is 0 Å². The molecule has 0 spiro atoms. The van der Waals surface area contributed by atoms with Crippen LogP contribution in [0.5, 0.6) is 11.5 Å². The SMILES string of the molecule is COc1cc(C)ccc1CN(C(=O)Cc1ccc(OCC(C)C)cc1)C1CCN(C)CC1. The zero-order valence-electron chi connectivity index (χ0n) is 20.3. The number of benzene rings is 2. The number of nitrogens with zero attached hydrogens (tertiary/aromatic N) is 2. The Morgan fingerprint density at radius 3 is 2.44 bits per heavy atom. The number of likely N-dealkylation sites (tertiary alicyclic amines) is 1. The van der Waals surface area contributed by atoms with Crippen LogP contribution in [-0.2, 0) is 17.8 Å². The third-order valence-electron chi connectivity index (χ3n) is 6.09. The number of amides is 1. The quantitative estimate of drug-likeness (QED) is 0.569. The molecule has 0 aliphatic carbocycles. The van der Waals surface area contributed by atoms with Gasteiger partial charge >= 0.3 is 0 Å². The first kappa shape index (κ1) is 24.1. The number of methoxy groups -OCH3 is 1. The third kappa shape index (κ3) is 6.73. The summed E-state index contributed by atoms with van der Waals surface area (Å²) in [6.07, 6.45) is 2.39. The maximum atomic E-state index is 13.5. The monoisotopic (exact) mass is 438 g/mol. The van der Waals surface area contributed by atoms with E-state index in [0.29, 0.717) is 25.5 Å². The molecule has 5 heteroatoms. The molecule has 0 aromatic heterocycles. The van der Waals surface area contributed by atoms with E-state index >= 15 is 0 Å². The molecular weight excluding hydrogens is 400 g/mol. The largest absolute Gasteiger partial charge is 0.496 e. The molecule has 1 heterocycles. The van der Waals surface area contributed by atoms with E-state index in [4.69, 9.17) is 9.47 Å². The number of carbonyl (C=O) groups is 1. The topological polar surface area (TPSA) is 42.0 Å². The number of hydrogen-bond acceptors (Lipinski definition) is 4. The molecule has 1 aliphatic heterocycles. The Hall–Kier alpha value is -2.53. The maximum absolute atomic E-state index is 13.5. The highest BCUT2D eigenvalue weighted by molar-refractivity contribution is 5.79. The Bertz CT molecular complexity index is 871. The molecule has 2 aromatic rings. The molecule has 1 saturated heterocycles. The van der Waals surface area contributed by atoms with Gasteiger partial charge in [0.05, 0.1) is 20.1 Å². The van der Waals surface area contributed by atoms with Crippen LogP contribution in [-0.4, -0.2) is 55.6 Å². The molecule has 174 valence electrons. The van der Waals surface area contributed by atoms with Crippen LogP contribution in [0.2, 0.25) is 0 Å². The average molecular weight is 439 g/mol. The highest BCUT2D eigenvalue weighted by Gasteiger charge is 2.28. The standard InChI is InChI=1S/C27H38N2O3/c1-20(2)19-32-25-10-7-22(8-11-25)17-27(30)29(24-12-14-28(4)15-13-24)18-23-9-6-21(3)16-26(23)31-5/h6-11,16,20,24H,12-15,17-19H2,1-5H3. The molecule has 3 rings (SSSR count). The van der Waals surface area contributed by atoms with E-state index in [-0.39, 0.29) is 11.9 Å². The Morgan fingerprint density at radius 2 is 1.81 bits per heavy atom. The van der Waals surface area contributed by atoms with Crippen molar-refractivity contribution in [1.82, 2.24) is 9.80 Å². The Labute approximate surface area is 193 Å². The lowest BCUT2D eigenvalue weighted by atomic mass is 10.0. The van der Waals surface area contributed by atoms with Crippen LogP contribution in [0.1, 0.15) is 43.4 Å². The molecular formula is C27H38N2O3. The van der Waals surface area contributed by atoms with Crippen molar-refractivity contribution in [1.29, 1.82) is 0 Å². The van der Waals surface area contributed by atoms with E-state index in [9.17, 15) is 4.79 Å². The lowest BCUT2D eigenvalue weighted by molar-refractivity contribution is -0.134. The first-order valence-corrected chi connectivity index (χ1v) is 11.7. The third-order valence-corrected chi connectivity index (χ3v) is 6.09. The minimum Gasteiger partial charge on any atom is -0.496 e. The first-order chi connectivity index (χ1) is 15.4. The predicted octanol–water partition coefficient (Wildman–Crippen LogP) is 4.70. The molecule has 0 unspecified atom stereocenters. The summed E-state index contributed by atoms with van der Waals surface area (Å²) in [6, 6.07) is 14.4. The molecule has 0 atom stereocenters. The summed E-state index contributed by atoms with van der Waals surface area (Å²) >= 11 is 0. The Morgan fingerprint density at radius 1 is 1.12 bits per heavy atom. The van der Waals surface area contributed by atoms with Gasteiger partial charge in [-0.15, -0.1) is 0 Å². The van der Waals surface area contributed by atoms with Gasteiger partial charge in [0.25, 0.3) is 0 Å².